The molecule has 0 bridgehead atoms. The van der Waals surface area contributed by atoms with Gasteiger partial charge in [-0.1, -0.05) is 20.8 Å². The monoisotopic (exact) mass is 211 g/mol. The predicted octanol–water partition coefficient (Wildman–Crippen LogP) is 2.76. The Morgan fingerprint density at radius 2 is 1.93 bits per heavy atom. The molecule has 1 fully saturated rings. The number of hydrogen-bond donors (Lipinski definition) is 1. The van der Waals surface area contributed by atoms with Gasteiger partial charge in [0, 0.05) is 12.3 Å². The number of carbonyl (C=O) groups is 1. The highest BCUT2D eigenvalue weighted by Gasteiger charge is 2.31. The fraction of sp³-hybridized carbons (Fsp3) is 0.923. The van der Waals surface area contributed by atoms with E-state index < -0.39 is 0 Å². The van der Waals surface area contributed by atoms with Crippen LogP contribution in [0.4, 0.5) is 0 Å². The van der Waals surface area contributed by atoms with Gasteiger partial charge in [0.2, 0.25) is 0 Å². The summed E-state index contributed by atoms with van der Waals surface area (Å²) >= 11 is 0. The maximum Gasteiger partial charge on any atom is 0.135 e. The van der Waals surface area contributed by atoms with Crippen LogP contribution in [0.2, 0.25) is 0 Å². The van der Waals surface area contributed by atoms with E-state index in [0.717, 1.165) is 38.6 Å². The highest BCUT2D eigenvalue weighted by atomic mass is 16.1. The highest BCUT2D eigenvalue weighted by Crippen LogP contribution is 2.35. The lowest BCUT2D eigenvalue weighted by Crippen LogP contribution is -2.24. The van der Waals surface area contributed by atoms with Crippen molar-refractivity contribution in [1.29, 1.82) is 0 Å². The van der Waals surface area contributed by atoms with Crippen molar-refractivity contribution in [2.45, 2.75) is 52.9 Å². The summed E-state index contributed by atoms with van der Waals surface area (Å²) in [4.78, 5) is 11.6. The molecule has 0 spiro atoms. The summed E-state index contributed by atoms with van der Waals surface area (Å²) < 4.78 is 0. The molecule has 1 aliphatic carbocycles. The number of Topliss-reactive ketones (excluding diaryl/α,β-unsaturated/α-hetero) is 1. The number of ketones is 1. The Labute approximate surface area is 93.6 Å². The zero-order valence-electron chi connectivity index (χ0n) is 10.4. The molecular formula is C13H25NO. The summed E-state index contributed by atoms with van der Waals surface area (Å²) in [6.45, 7) is 7.47. The van der Waals surface area contributed by atoms with E-state index in [1.54, 1.807) is 0 Å². The van der Waals surface area contributed by atoms with Crippen molar-refractivity contribution < 1.29 is 4.79 Å². The van der Waals surface area contributed by atoms with Gasteiger partial charge in [0.25, 0.3) is 0 Å². The van der Waals surface area contributed by atoms with Gasteiger partial charge in [-0.2, -0.15) is 0 Å². The molecule has 15 heavy (non-hydrogen) atoms. The van der Waals surface area contributed by atoms with Gasteiger partial charge in [-0.05, 0) is 43.6 Å². The Balaban J connectivity index is 2.33. The Kier molecular flexibility index (Phi) is 4.32. The van der Waals surface area contributed by atoms with Crippen LogP contribution in [0.15, 0.2) is 0 Å². The standard InChI is InChI=1S/C13H25NO/c1-13(2,3)11(8-9-14)6-7-12(15)10-4-5-10/h10-11H,4-9,14H2,1-3H3. The second-order valence-electron chi connectivity index (χ2n) is 5.92. The average Bonchev–Trinajstić information content (AvgIpc) is 2.92. The zero-order valence-corrected chi connectivity index (χ0v) is 10.4. The summed E-state index contributed by atoms with van der Waals surface area (Å²) in [5.41, 5.74) is 5.90. The Morgan fingerprint density at radius 1 is 1.33 bits per heavy atom. The van der Waals surface area contributed by atoms with Crippen LogP contribution < -0.4 is 5.73 Å². The Hall–Kier alpha value is -0.370. The largest absolute Gasteiger partial charge is 0.330 e. The first-order chi connectivity index (χ1) is 6.95. The molecule has 0 radical (unpaired) electrons. The van der Waals surface area contributed by atoms with Gasteiger partial charge < -0.3 is 5.73 Å². The summed E-state index contributed by atoms with van der Waals surface area (Å²) in [5, 5.41) is 0. The van der Waals surface area contributed by atoms with Crippen molar-refractivity contribution in [2.75, 3.05) is 6.54 Å². The van der Waals surface area contributed by atoms with E-state index in [9.17, 15) is 4.79 Å². The van der Waals surface area contributed by atoms with E-state index >= 15 is 0 Å². The van der Waals surface area contributed by atoms with Crippen molar-refractivity contribution in [2.24, 2.45) is 23.0 Å². The molecule has 2 N–H and O–H groups in total. The van der Waals surface area contributed by atoms with Crippen molar-refractivity contribution >= 4 is 5.78 Å². The van der Waals surface area contributed by atoms with Crippen molar-refractivity contribution in [1.82, 2.24) is 0 Å². The van der Waals surface area contributed by atoms with E-state index in [1.807, 2.05) is 0 Å². The fourth-order valence-corrected chi connectivity index (χ4v) is 2.14. The van der Waals surface area contributed by atoms with Crippen molar-refractivity contribution in [3.05, 3.63) is 0 Å². The molecule has 1 atom stereocenters. The maximum atomic E-state index is 11.6. The molecule has 0 saturated heterocycles. The number of hydrogen-bond acceptors (Lipinski definition) is 2. The first-order valence-electron chi connectivity index (χ1n) is 6.18. The second-order valence-corrected chi connectivity index (χ2v) is 5.92. The van der Waals surface area contributed by atoms with E-state index in [1.165, 1.54) is 0 Å². The van der Waals surface area contributed by atoms with Crippen LogP contribution in [0.25, 0.3) is 0 Å². The maximum absolute atomic E-state index is 11.6. The van der Waals surface area contributed by atoms with E-state index in [0.29, 0.717) is 17.6 Å². The normalized spacial score (nSPS) is 18.9. The smallest absolute Gasteiger partial charge is 0.135 e. The van der Waals surface area contributed by atoms with Crippen LogP contribution in [0.1, 0.15) is 52.9 Å². The molecule has 1 unspecified atom stereocenters. The Bertz CT molecular complexity index is 213. The molecule has 0 aromatic rings. The zero-order chi connectivity index (χ0) is 11.5. The van der Waals surface area contributed by atoms with Gasteiger partial charge in [0.05, 0.1) is 0 Å². The molecule has 88 valence electrons. The molecule has 0 amide bonds. The third-order valence-electron chi connectivity index (χ3n) is 3.51. The van der Waals surface area contributed by atoms with Gasteiger partial charge in [-0.25, -0.2) is 0 Å². The van der Waals surface area contributed by atoms with E-state index in [-0.39, 0.29) is 5.41 Å². The summed E-state index contributed by atoms with van der Waals surface area (Å²) in [6, 6.07) is 0. The Morgan fingerprint density at radius 3 is 2.33 bits per heavy atom. The van der Waals surface area contributed by atoms with Gasteiger partial charge in [-0.3, -0.25) is 4.79 Å². The molecule has 1 saturated carbocycles. The lowest BCUT2D eigenvalue weighted by atomic mass is 9.76. The van der Waals surface area contributed by atoms with Crippen LogP contribution in [-0.2, 0) is 4.79 Å². The third-order valence-corrected chi connectivity index (χ3v) is 3.51. The first-order valence-corrected chi connectivity index (χ1v) is 6.18. The summed E-state index contributed by atoms with van der Waals surface area (Å²) in [5.74, 6) is 1.50. The molecule has 1 rings (SSSR count). The van der Waals surface area contributed by atoms with Crippen LogP contribution in [0.5, 0.6) is 0 Å². The SMILES string of the molecule is CC(C)(C)C(CCN)CCC(=O)C1CC1. The molecule has 0 aliphatic heterocycles. The molecule has 0 heterocycles. The van der Waals surface area contributed by atoms with Crippen molar-refractivity contribution in [3.63, 3.8) is 0 Å². The molecule has 2 nitrogen and oxygen atoms in total. The van der Waals surface area contributed by atoms with E-state index in [2.05, 4.69) is 20.8 Å². The summed E-state index contributed by atoms with van der Waals surface area (Å²) in [6.07, 6.45) is 5.11. The van der Waals surface area contributed by atoms with Crippen LogP contribution in [-0.4, -0.2) is 12.3 Å². The second kappa shape index (κ2) is 5.11. The third kappa shape index (κ3) is 4.33. The molecule has 2 heteroatoms. The number of rotatable bonds is 6. The van der Waals surface area contributed by atoms with Gasteiger partial charge in [0.1, 0.15) is 5.78 Å². The molecular weight excluding hydrogens is 186 g/mol. The first kappa shape index (κ1) is 12.7. The minimum Gasteiger partial charge on any atom is -0.330 e. The predicted molar refractivity (Wildman–Crippen MR) is 63.6 cm³/mol. The van der Waals surface area contributed by atoms with Crippen LogP contribution in [0, 0.1) is 17.3 Å². The van der Waals surface area contributed by atoms with Crippen LogP contribution in [0.3, 0.4) is 0 Å². The lowest BCUT2D eigenvalue weighted by molar-refractivity contribution is -0.120. The lowest BCUT2D eigenvalue weighted by Gasteiger charge is -2.30. The molecule has 0 aromatic heterocycles. The van der Waals surface area contributed by atoms with Crippen LogP contribution >= 0.6 is 0 Å². The number of carbonyl (C=O) groups excluding carboxylic acids is 1. The fourth-order valence-electron chi connectivity index (χ4n) is 2.14. The molecule has 0 aromatic carbocycles. The highest BCUT2D eigenvalue weighted by molar-refractivity contribution is 5.83. The quantitative estimate of drug-likeness (QED) is 0.734. The summed E-state index contributed by atoms with van der Waals surface area (Å²) in [7, 11) is 0. The van der Waals surface area contributed by atoms with Crippen molar-refractivity contribution in [3.8, 4) is 0 Å². The number of nitrogens with two attached hydrogens (primary N) is 1. The van der Waals surface area contributed by atoms with E-state index in [4.69, 9.17) is 5.73 Å². The average molecular weight is 211 g/mol. The molecule has 1 aliphatic rings. The van der Waals surface area contributed by atoms with Gasteiger partial charge in [0.15, 0.2) is 0 Å². The van der Waals surface area contributed by atoms with Gasteiger partial charge >= 0.3 is 0 Å². The minimum absolute atomic E-state index is 0.281. The van der Waals surface area contributed by atoms with Gasteiger partial charge in [-0.15, -0.1) is 0 Å². The minimum atomic E-state index is 0.281. The topological polar surface area (TPSA) is 43.1 Å².